The van der Waals surface area contributed by atoms with Gasteiger partial charge >= 0.3 is 6.03 Å². The number of imide groups is 1. The average Bonchev–Trinajstić information content (AvgIpc) is 2.85. The molecule has 6 fully saturated rings. The Bertz CT molecular complexity index is 662. The normalized spacial score (nSPS) is 39.3. The van der Waals surface area contributed by atoms with E-state index in [9.17, 15) is 14.4 Å². The molecule has 2 N–H and O–H groups in total. The molecule has 5 saturated carbocycles. The van der Waals surface area contributed by atoms with Gasteiger partial charge in [0, 0.05) is 6.04 Å². The number of rotatable bonds is 4. The summed E-state index contributed by atoms with van der Waals surface area (Å²) in [5.41, 5.74) is -0.520. The van der Waals surface area contributed by atoms with E-state index >= 15 is 0 Å². The Hall–Kier alpha value is -1.59. The van der Waals surface area contributed by atoms with Crippen molar-refractivity contribution < 1.29 is 14.4 Å². The van der Waals surface area contributed by atoms with Gasteiger partial charge in [-0.15, -0.1) is 0 Å². The summed E-state index contributed by atoms with van der Waals surface area (Å²) >= 11 is 0. The van der Waals surface area contributed by atoms with E-state index in [0.29, 0.717) is 12.8 Å². The molecule has 6 aliphatic rings. The van der Waals surface area contributed by atoms with Gasteiger partial charge in [-0.1, -0.05) is 19.3 Å². The molecule has 4 amide bonds. The predicted molar refractivity (Wildman–Crippen MR) is 104 cm³/mol. The van der Waals surface area contributed by atoms with E-state index in [1.54, 1.807) is 0 Å². The second-order valence-electron chi connectivity index (χ2n) is 10.5. The summed E-state index contributed by atoms with van der Waals surface area (Å²) in [5.74, 6) is 2.11. The predicted octanol–water partition coefficient (Wildman–Crippen LogP) is 2.96. The van der Waals surface area contributed by atoms with Crippen molar-refractivity contribution in [2.75, 3.05) is 6.54 Å². The molecule has 0 aromatic rings. The minimum atomic E-state index is -0.749. The van der Waals surface area contributed by atoms with Gasteiger partial charge in [0.2, 0.25) is 5.91 Å². The lowest BCUT2D eigenvalue weighted by molar-refractivity contribution is -0.137. The summed E-state index contributed by atoms with van der Waals surface area (Å²) in [6.07, 6.45) is 12.2. The fourth-order valence-electron chi connectivity index (χ4n) is 7.61. The molecule has 0 aromatic carbocycles. The number of carbonyl (C=O) groups excluding carboxylic acids is 3. The topological polar surface area (TPSA) is 78.5 Å². The quantitative estimate of drug-likeness (QED) is 0.728. The van der Waals surface area contributed by atoms with Crippen LogP contribution in [0.4, 0.5) is 4.79 Å². The molecule has 6 rings (SSSR count). The highest BCUT2D eigenvalue weighted by Gasteiger charge is 2.54. The van der Waals surface area contributed by atoms with Gasteiger partial charge in [0.15, 0.2) is 0 Å². The third-order valence-corrected chi connectivity index (χ3v) is 8.64. The highest BCUT2D eigenvalue weighted by Crippen LogP contribution is 2.61. The van der Waals surface area contributed by atoms with Crippen molar-refractivity contribution in [1.29, 1.82) is 0 Å². The first-order chi connectivity index (χ1) is 13.4. The zero-order chi connectivity index (χ0) is 19.5. The van der Waals surface area contributed by atoms with Crippen molar-refractivity contribution in [2.45, 2.75) is 89.1 Å². The maximum atomic E-state index is 12.9. The van der Waals surface area contributed by atoms with Gasteiger partial charge in [-0.25, -0.2) is 4.79 Å². The highest BCUT2D eigenvalue weighted by atomic mass is 16.2. The zero-order valence-electron chi connectivity index (χ0n) is 17.0. The SMILES string of the molecule is CC(NC(=O)CN1C(=O)NC2(CCCCC2)C1=O)C12CC3CC(CC(C3)C1)C2. The lowest BCUT2D eigenvalue weighted by Gasteiger charge is -2.59. The molecule has 5 aliphatic carbocycles. The first-order valence-electron chi connectivity index (χ1n) is 11.3. The van der Waals surface area contributed by atoms with Crippen LogP contribution in [0.3, 0.4) is 0 Å². The van der Waals surface area contributed by atoms with Crippen LogP contribution in [0.1, 0.15) is 77.6 Å². The maximum Gasteiger partial charge on any atom is 0.325 e. The number of nitrogens with one attached hydrogen (secondary N) is 2. The third-order valence-electron chi connectivity index (χ3n) is 8.64. The molecule has 1 saturated heterocycles. The molecule has 1 spiro atoms. The molecular formula is C22H33N3O3. The summed E-state index contributed by atoms with van der Waals surface area (Å²) in [7, 11) is 0. The van der Waals surface area contributed by atoms with E-state index in [0.717, 1.165) is 41.9 Å². The molecular weight excluding hydrogens is 354 g/mol. The monoisotopic (exact) mass is 387 g/mol. The maximum absolute atomic E-state index is 12.9. The third kappa shape index (κ3) is 2.86. The van der Waals surface area contributed by atoms with E-state index in [1.807, 2.05) is 0 Å². The van der Waals surface area contributed by atoms with Crippen LogP contribution in [0.15, 0.2) is 0 Å². The van der Waals surface area contributed by atoms with Gasteiger partial charge in [0.1, 0.15) is 12.1 Å². The van der Waals surface area contributed by atoms with Gasteiger partial charge in [0.05, 0.1) is 0 Å². The minimum absolute atomic E-state index is 0.109. The Balaban J connectivity index is 1.23. The van der Waals surface area contributed by atoms with E-state index in [-0.39, 0.29) is 29.8 Å². The van der Waals surface area contributed by atoms with Crippen LogP contribution in [0.25, 0.3) is 0 Å². The number of nitrogens with zero attached hydrogens (tertiary/aromatic N) is 1. The lowest BCUT2D eigenvalue weighted by atomic mass is 9.48. The Morgan fingerprint density at radius 3 is 2.21 bits per heavy atom. The molecule has 0 aromatic heterocycles. The van der Waals surface area contributed by atoms with Gasteiger partial charge in [0.25, 0.3) is 5.91 Å². The van der Waals surface area contributed by atoms with E-state index in [2.05, 4.69) is 17.6 Å². The fourth-order valence-corrected chi connectivity index (χ4v) is 7.61. The first kappa shape index (κ1) is 18.4. The van der Waals surface area contributed by atoms with Crippen LogP contribution < -0.4 is 10.6 Å². The minimum Gasteiger partial charge on any atom is -0.352 e. The van der Waals surface area contributed by atoms with Crippen molar-refractivity contribution in [2.24, 2.45) is 23.2 Å². The van der Waals surface area contributed by atoms with Gasteiger partial charge in [-0.2, -0.15) is 0 Å². The van der Waals surface area contributed by atoms with Gasteiger partial charge in [-0.3, -0.25) is 14.5 Å². The molecule has 6 nitrogen and oxygen atoms in total. The summed E-state index contributed by atoms with van der Waals surface area (Å²) in [4.78, 5) is 39.2. The summed E-state index contributed by atoms with van der Waals surface area (Å²) in [5, 5.41) is 6.08. The Kier molecular flexibility index (Phi) is 4.25. The zero-order valence-corrected chi connectivity index (χ0v) is 17.0. The molecule has 28 heavy (non-hydrogen) atoms. The lowest BCUT2D eigenvalue weighted by Crippen LogP contribution is -2.57. The molecule has 4 bridgehead atoms. The van der Waals surface area contributed by atoms with Gasteiger partial charge in [-0.05, 0) is 81.5 Å². The fraction of sp³-hybridized carbons (Fsp3) is 0.864. The summed E-state index contributed by atoms with van der Waals surface area (Å²) in [6.45, 7) is 1.99. The molecule has 1 unspecified atom stereocenters. The smallest absolute Gasteiger partial charge is 0.325 e. The number of amides is 4. The second-order valence-corrected chi connectivity index (χ2v) is 10.5. The van der Waals surface area contributed by atoms with Crippen molar-refractivity contribution in [3.05, 3.63) is 0 Å². The standard InChI is InChI=1S/C22H33N3O3/c1-14(21-10-15-7-16(11-21)9-17(8-15)12-21)23-18(26)13-25-19(27)22(24-20(25)28)5-3-2-4-6-22/h14-17H,2-13H2,1H3,(H,23,26)(H,24,28). The van der Waals surface area contributed by atoms with E-state index in [1.165, 1.54) is 38.5 Å². The van der Waals surface area contributed by atoms with E-state index in [4.69, 9.17) is 0 Å². The van der Waals surface area contributed by atoms with Crippen molar-refractivity contribution in [3.63, 3.8) is 0 Å². The average molecular weight is 388 g/mol. The van der Waals surface area contributed by atoms with Crippen LogP contribution in [-0.2, 0) is 9.59 Å². The first-order valence-corrected chi connectivity index (χ1v) is 11.3. The Morgan fingerprint density at radius 2 is 1.64 bits per heavy atom. The largest absolute Gasteiger partial charge is 0.352 e. The van der Waals surface area contributed by atoms with Crippen molar-refractivity contribution >= 4 is 17.8 Å². The van der Waals surface area contributed by atoms with Crippen molar-refractivity contribution in [1.82, 2.24) is 15.5 Å². The number of hydrogen-bond donors (Lipinski definition) is 2. The van der Waals surface area contributed by atoms with Crippen LogP contribution in [0.5, 0.6) is 0 Å². The highest BCUT2D eigenvalue weighted by molar-refractivity contribution is 6.09. The molecule has 6 heteroatoms. The van der Waals surface area contributed by atoms with Crippen molar-refractivity contribution in [3.8, 4) is 0 Å². The molecule has 154 valence electrons. The molecule has 1 heterocycles. The molecule has 1 atom stereocenters. The van der Waals surface area contributed by atoms with Crippen LogP contribution in [0.2, 0.25) is 0 Å². The Morgan fingerprint density at radius 1 is 1.07 bits per heavy atom. The van der Waals surface area contributed by atoms with Crippen LogP contribution in [0, 0.1) is 23.2 Å². The number of carbonyl (C=O) groups is 3. The van der Waals surface area contributed by atoms with Crippen LogP contribution in [-0.4, -0.2) is 40.9 Å². The molecule has 0 radical (unpaired) electrons. The van der Waals surface area contributed by atoms with Crippen LogP contribution >= 0.6 is 0 Å². The van der Waals surface area contributed by atoms with E-state index < -0.39 is 11.6 Å². The number of urea groups is 1. The van der Waals surface area contributed by atoms with Gasteiger partial charge < -0.3 is 10.6 Å². The summed E-state index contributed by atoms with van der Waals surface area (Å²) < 4.78 is 0. The summed E-state index contributed by atoms with van der Waals surface area (Å²) in [6, 6.07) is -0.290. The second kappa shape index (κ2) is 6.46. The Labute approximate surface area is 167 Å². The number of hydrogen-bond acceptors (Lipinski definition) is 3. The molecule has 1 aliphatic heterocycles.